The number of hydrogen-bond donors (Lipinski definition) is 1. The molecule has 2 rings (SSSR count). The van der Waals surface area contributed by atoms with Crippen molar-refractivity contribution in [1.29, 1.82) is 0 Å². The van der Waals surface area contributed by atoms with Crippen molar-refractivity contribution in [2.45, 2.75) is 31.1 Å². The zero-order valence-corrected chi connectivity index (χ0v) is 12.1. The van der Waals surface area contributed by atoms with Gasteiger partial charge in [0.2, 0.25) is 5.91 Å². The van der Waals surface area contributed by atoms with Crippen molar-refractivity contribution in [3.8, 4) is 0 Å². The fraction of sp³-hybridized carbons (Fsp3) is 0.467. The SMILES string of the molecule is O=C(O)[C@H]1CCCN1C(=O)CCSCc1ccccc1. The van der Waals surface area contributed by atoms with Crippen LogP contribution in [0, 0.1) is 0 Å². The van der Waals surface area contributed by atoms with Crippen molar-refractivity contribution >= 4 is 23.6 Å². The monoisotopic (exact) mass is 293 g/mol. The van der Waals surface area contributed by atoms with Gasteiger partial charge in [0.05, 0.1) is 0 Å². The minimum atomic E-state index is -0.882. The summed E-state index contributed by atoms with van der Waals surface area (Å²) in [6.45, 7) is 0.582. The summed E-state index contributed by atoms with van der Waals surface area (Å²) in [5.74, 6) is 0.704. The van der Waals surface area contributed by atoms with Gasteiger partial charge in [-0.25, -0.2) is 4.79 Å². The van der Waals surface area contributed by atoms with E-state index in [0.29, 0.717) is 19.4 Å². The molecule has 0 bridgehead atoms. The molecule has 5 heteroatoms. The number of likely N-dealkylation sites (tertiary alicyclic amines) is 1. The first kappa shape index (κ1) is 14.9. The lowest BCUT2D eigenvalue weighted by Gasteiger charge is -2.21. The number of carbonyl (C=O) groups is 2. The van der Waals surface area contributed by atoms with Gasteiger partial charge in [-0.05, 0) is 18.4 Å². The molecule has 1 amide bonds. The third kappa shape index (κ3) is 4.00. The molecule has 108 valence electrons. The van der Waals surface area contributed by atoms with E-state index in [2.05, 4.69) is 12.1 Å². The molecule has 1 fully saturated rings. The molecule has 0 radical (unpaired) electrons. The summed E-state index contributed by atoms with van der Waals surface area (Å²) < 4.78 is 0. The molecule has 1 aromatic rings. The second kappa shape index (κ2) is 7.33. The van der Waals surface area contributed by atoms with Crippen LogP contribution in [0.25, 0.3) is 0 Å². The Morgan fingerprint density at radius 2 is 2.05 bits per heavy atom. The molecule has 4 nitrogen and oxygen atoms in total. The molecule has 0 aromatic heterocycles. The van der Waals surface area contributed by atoms with Crippen LogP contribution in [0.15, 0.2) is 30.3 Å². The van der Waals surface area contributed by atoms with Gasteiger partial charge in [0, 0.05) is 24.5 Å². The zero-order chi connectivity index (χ0) is 14.4. The number of benzene rings is 1. The maximum Gasteiger partial charge on any atom is 0.326 e. The minimum absolute atomic E-state index is 0.0320. The van der Waals surface area contributed by atoms with Crippen molar-refractivity contribution < 1.29 is 14.7 Å². The molecule has 0 aliphatic carbocycles. The van der Waals surface area contributed by atoms with Gasteiger partial charge in [0.25, 0.3) is 0 Å². The molecule has 1 heterocycles. The van der Waals surface area contributed by atoms with Crippen LogP contribution in [0.3, 0.4) is 0 Å². The molecule has 0 spiro atoms. The number of carbonyl (C=O) groups excluding carboxylic acids is 1. The second-order valence-electron chi connectivity index (χ2n) is 4.87. The van der Waals surface area contributed by atoms with Gasteiger partial charge in [-0.15, -0.1) is 0 Å². The Balaban J connectivity index is 1.71. The zero-order valence-electron chi connectivity index (χ0n) is 11.3. The van der Waals surface area contributed by atoms with Crippen LogP contribution < -0.4 is 0 Å². The topological polar surface area (TPSA) is 57.6 Å². The van der Waals surface area contributed by atoms with Crippen molar-refractivity contribution in [2.75, 3.05) is 12.3 Å². The molecule has 1 N–H and O–H groups in total. The molecule has 1 atom stereocenters. The van der Waals surface area contributed by atoms with E-state index in [1.807, 2.05) is 18.2 Å². The van der Waals surface area contributed by atoms with E-state index >= 15 is 0 Å². The fourth-order valence-corrected chi connectivity index (χ4v) is 3.28. The first-order valence-electron chi connectivity index (χ1n) is 6.82. The molecule has 1 saturated heterocycles. The van der Waals surface area contributed by atoms with Crippen molar-refractivity contribution in [2.24, 2.45) is 0 Å². The Kier molecular flexibility index (Phi) is 5.47. The average Bonchev–Trinajstić information content (AvgIpc) is 2.94. The first-order valence-corrected chi connectivity index (χ1v) is 7.98. The highest BCUT2D eigenvalue weighted by Gasteiger charge is 2.33. The summed E-state index contributed by atoms with van der Waals surface area (Å²) in [5.41, 5.74) is 1.24. The third-order valence-corrected chi connectivity index (χ3v) is 4.46. The van der Waals surface area contributed by atoms with E-state index in [9.17, 15) is 9.59 Å². The van der Waals surface area contributed by atoms with Gasteiger partial charge in [0.15, 0.2) is 0 Å². The minimum Gasteiger partial charge on any atom is -0.480 e. The highest BCUT2D eigenvalue weighted by molar-refractivity contribution is 7.98. The van der Waals surface area contributed by atoms with E-state index in [0.717, 1.165) is 17.9 Å². The summed E-state index contributed by atoms with van der Waals surface area (Å²) in [4.78, 5) is 24.6. The summed E-state index contributed by atoms with van der Waals surface area (Å²) in [5, 5.41) is 9.05. The number of amides is 1. The summed E-state index contributed by atoms with van der Waals surface area (Å²) in [6.07, 6.45) is 1.79. The highest BCUT2D eigenvalue weighted by atomic mass is 32.2. The summed E-state index contributed by atoms with van der Waals surface area (Å²) in [7, 11) is 0. The van der Waals surface area contributed by atoms with Crippen molar-refractivity contribution in [1.82, 2.24) is 4.90 Å². The Hall–Kier alpha value is -1.49. The van der Waals surface area contributed by atoms with E-state index in [4.69, 9.17) is 5.11 Å². The van der Waals surface area contributed by atoms with E-state index in [1.54, 1.807) is 11.8 Å². The maximum absolute atomic E-state index is 12.0. The number of thioether (sulfide) groups is 1. The van der Waals surface area contributed by atoms with Crippen LogP contribution in [0.5, 0.6) is 0 Å². The molecule has 1 aliphatic heterocycles. The van der Waals surface area contributed by atoms with Crippen LogP contribution in [0.2, 0.25) is 0 Å². The van der Waals surface area contributed by atoms with Gasteiger partial charge in [-0.1, -0.05) is 30.3 Å². The standard InChI is InChI=1S/C15H19NO3S/c17-14(16-9-4-7-13(16)15(18)19)8-10-20-11-12-5-2-1-3-6-12/h1-3,5-6,13H,4,7-11H2,(H,18,19)/t13-/m1/s1. The summed E-state index contributed by atoms with van der Waals surface area (Å²) in [6, 6.07) is 9.51. The molecule has 1 aliphatic rings. The number of hydrogen-bond acceptors (Lipinski definition) is 3. The van der Waals surface area contributed by atoms with Gasteiger partial charge < -0.3 is 10.0 Å². The Bertz CT molecular complexity index is 463. The number of carboxylic acids is 1. The molecule has 1 aromatic carbocycles. The number of rotatable bonds is 6. The van der Waals surface area contributed by atoms with Gasteiger partial charge in [0.1, 0.15) is 6.04 Å². The first-order chi connectivity index (χ1) is 9.68. The van der Waals surface area contributed by atoms with E-state index < -0.39 is 12.0 Å². The van der Waals surface area contributed by atoms with Crippen LogP contribution in [-0.2, 0) is 15.3 Å². The van der Waals surface area contributed by atoms with Gasteiger partial charge in [-0.3, -0.25) is 4.79 Å². The van der Waals surface area contributed by atoms with E-state index in [1.165, 1.54) is 10.5 Å². The quantitative estimate of drug-likeness (QED) is 0.818. The normalized spacial score (nSPS) is 18.2. The molecule has 20 heavy (non-hydrogen) atoms. The smallest absolute Gasteiger partial charge is 0.326 e. The lowest BCUT2D eigenvalue weighted by Crippen LogP contribution is -2.40. The van der Waals surface area contributed by atoms with Crippen molar-refractivity contribution in [3.05, 3.63) is 35.9 Å². The van der Waals surface area contributed by atoms with Gasteiger partial charge in [-0.2, -0.15) is 11.8 Å². The van der Waals surface area contributed by atoms with Crippen LogP contribution >= 0.6 is 11.8 Å². The second-order valence-corrected chi connectivity index (χ2v) is 5.98. The van der Waals surface area contributed by atoms with Crippen LogP contribution in [0.1, 0.15) is 24.8 Å². The largest absolute Gasteiger partial charge is 0.480 e. The number of nitrogens with zero attached hydrogens (tertiary/aromatic N) is 1. The number of carboxylic acid groups (broad SMARTS) is 1. The van der Waals surface area contributed by atoms with Gasteiger partial charge >= 0.3 is 5.97 Å². The predicted octanol–water partition coefficient (Wildman–Crippen LogP) is 2.39. The summed E-state index contributed by atoms with van der Waals surface area (Å²) >= 11 is 1.71. The van der Waals surface area contributed by atoms with E-state index in [-0.39, 0.29) is 5.91 Å². The molecular weight excluding hydrogens is 274 g/mol. The fourth-order valence-electron chi connectivity index (χ4n) is 2.39. The lowest BCUT2D eigenvalue weighted by atomic mass is 10.2. The Morgan fingerprint density at radius 1 is 1.30 bits per heavy atom. The lowest BCUT2D eigenvalue weighted by molar-refractivity contribution is -0.148. The maximum atomic E-state index is 12.0. The van der Waals surface area contributed by atoms with Crippen LogP contribution in [-0.4, -0.2) is 40.2 Å². The Labute approximate surface area is 123 Å². The third-order valence-electron chi connectivity index (χ3n) is 3.43. The molecule has 0 saturated carbocycles. The molecule has 0 unspecified atom stereocenters. The van der Waals surface area contributed by atoms with Crippen LogP contribution in [0.4, 0.5) is 0 Å². The van der Waals surface area contributed by atoms with Crippen molar-refractivity contribution in [3.63, 3.8) is 0 Å². The Morgan fingerprint density at radius 3 is 2.75 bits per heavy atom. The average molecular weight is 293 g/mol. The number of aliphatic carboxylic acids is 1. The molecular formula is C15H19NO3S. The highest BCUT2D eigenvalue weighted by Crippen LogP contribution is 2.20. The predicted molar refractivity (Wildman–Crippen MR) is 79.6 cm³/mol.